The van der Waals surface area contributed by atoms with Gasteiger partial charge in [-0.3, -0.25) is 0 Å². The van der Waals surface area contributed by atoms with Crippen LogP contribution in [0.5, 0.6) is 0 Å². The molecule has 0 saturated carbocycles. The Hall–Kier alpha value is -4.36. The summed E-state index contributed by atoms with van der Waals surface area (Å²) < 4.78 is 85.2. The maximum absolute atomic E-state index is 13.5. The van der Waals surface area contributed by atoms with Crippen LogP contribution in [-0.2, 0) is 18.8 Å². The highest BCUT2D eigenvalue weighted by Crippen LogP contribution is 2.37. The maximum atomic E-state index is 13.5. The molecule has 3 heterocycles. The second-order valence-electron chi connectivity index (χ2n) is 10.7. The number of urea groups is 1. The van der Waals surface area contributed by atoms with Gasteiger partial charge in [-0.2, -0.15) is 31.3 Å². The Kier molecular flexibility index (Phi) is 8.21. The number of rotatable bonds is 5. The van der Waals surface area contributed by atoms with E-state index in [-0.39, 0.29) is 41.7 Å². The summed E-state index contributed by atoms with van der Waals surface area (Å²) in [5.74, 6) is 1.11. The van der Waals surface area contributed by atoms with Gasteiger partial charge in [0, 0.05) is 43.9 Å². The third kappa shape index (κ3) is 6.83. The Morgan fingerprint density at radius 1 is 0.930 bits per heavy atom. The van der Waals surface area contributed by atoms with E-state index in [4.69, 9.17) is 9.51 Å². The predicted octanol–water partition coefficient (Wildman–Crippen LogP) is 7.27. The minimum Gasteiger partial charge on any atom is -0.354 e. The van der Waals surface area contributed by atoms with E-state index >= 15 is 0 Å². The first-order valence-electron chi connectivity index (χ1n) is 13.6. The zero-order valence-corrected chi connectivity index (χ0v) is 23.3. The Balaban J connectivity index is 1.44. The van der Waals surface area contributed by atoms with E-state index in [2.05, 4.69) is 15.5 Å². The lowest BCUT2D eigenvalue weighted by molar-refractivity contribution is -0.138. The highest BCUT2D eigenvalue weighted by Gasteiger charge is 2.33. The van der Waals surface area contributed by atoms with Crippen molar-refractivity contribution in [2.45, 2.75) is 39.0 Å². The monoisotopic (exact) mass is 606 g/mol. The number of nitrogens with zero attached hydrogens (tertiary/aromatic N) is 5. The molecule has 4 aromatic rings. The number of carbonyl (C=O) groups excluding carboxylic acids is 1. The number of nitrogens with one attached hydrogen (secondary N) is 1. The average Bonchev–Trinajstić information content (AvgIpc) is 3.20. The summed E-state index contributed by atoms with van der Waals surface area (Å²) in [4.78, 5) is 25.6. The first-order chi connectivity index (χ1) is 20.3. The second-order valence-corrected chi connectivity index (χ2v) is 10.7. The number of aromatic nitrogens is 3. The van der Waals surface area contributed by atoms with Crippen LogP contribution in [0.15, 0.2) is 53.1 Å². The molecule has 1 N–H and O–H groups in total. The van der Waals surface area contributed by atoms with Crippen LogP contribution in [0.25, 0.3) is 22.4 Å². The first-order valence-corrected chi connectivity index (χ1v) is 13.6. The molecular formula is C29H28F6N6O2. The molecule has 1 aliphatic rings. The first kappa shape index (κ1) is 30.1. The summed E-state index contributed by atoms with van der Waals surface area (Å²) >= 11 is 0. The summed E-state index contributed by atoms with van der Waals surface area (Å²) in [5, 5.41) is 6.97. The van der Waals surface area contributed by atoms with Gasteiger partial charge in [-0.25, -0.2) is 9.78 Å². The van der Waals surface area contributed by atoms with Gasteiger partial charge < -0.3 is 19.6 Å². The zero-order valence-electron chi connectivity index (χ0n) is 23.3. The Morgan fingerprint density at radius 3 is 2.33 bits per heavy atom. The van der Waals surface area contributed by atoms with E-state index in [0.717, 1.165) is 24.3 Å². The molecule has 0 bridgehead atoms. The molecule has 0 atom stereocenters. The number of amides is 2. The SMILES string of the molecule is CC(C)Cc1nc(N2CCCN(C(=O)Nc3cccc(C(F)(F)F)c3)CC2)c2c(-c3cccc(C(F)(F)F)c3)noc2n1. The van der Waals surface area contributed by atoms with Crippen LogP contribution in [-0.4, -0.2) is 52.2 Å². The van der Waals surface area contributed by atoms with E-state index in [1.54, 1.807) is 0 Å². The van der Waals surface area contributed by atoms with Crippen LogP contribution in [0.3, 0.4) is 0 Å². The fourth-order valence-electron chi connectivity index (χ4n) is 4.91. The lowest BCUT2D eigenvalue weighted by atomic mass is 10.1. The highest BCUT2D eigenvalue weighted by atomic mass is 19.4. The molecule has 0 radical (unpaired) electrons. The molecule has 8 nitrogen and oxygen atoms in total. The van der Waals surface area contributed by atoms with Crippen LogP contribution < -0.4 is 10.2 Å². The molecular weight excluding hydrogens is 578 g/mol. The lowest BCUT2D eigenvalue weighted by Gasteiger charge is -2.24. The largest absolute Gasteiger partial charge is 0.416 e. The van der Waals surface area contributed by atoms with Crippen molar-refractivity contribution in [1.29, 1.82) is 0 Å². The minimum atomic E-state index is -4.55. The number of benzene rings is 2. The van der Waals surface area contributed by atoms with Gasteiger partial charge in [0.1, 0.15) is 22.7 Å². The van der Waals surface area contributed by atoms with Gasteiger partial charge in [0.2, 0.25) is 0 Å². The topological polar surface area (TPSA) is 87.4 Å². The number of carbonyl (C=O) groups is 1. The molecule has 228 valence electrons. The Morgan fingerprint density at radius 2 is 1.63 bits per heavy atom. The molecule has 0 aliphatic carbocycles. The smallest absolute Gasteiger partial charge is 0.354 e. The third-order valence-corrected chi connectivity index (χ3v) is 6.94. The van der Waals surface area contributed by atoms with Gasteiger partial charge in [0.05, 0.1) is 11.1 Å². The van der Waals surface area contributed by atoms with E-state index in [0.29, 0.717) is 43.0 Å². The summed E-state index contributed by atoms with van der Waals surface area (Å²) in [6.07, 6.45) is -8.09. The molecule has 0 unspecified atom stereocenters. The van der Waals surface area contributed by atoms with Crippen molar-refractivity contribution in [3.8, 4) is 11.3 Å². The van der Waals surface area contributed by atoms with Gasteiger partial charge in [0.25, 0.3) is 5.71 Å². The number of alkyl halides is 6. The molecule has 1 fully saturated rings. The van der Waals surface area contributed by atoms with Crippen molar-refractivity contribution < 1.29 is 35.7 Å². The third-order valence-electron chi connectivity index (χ3n) is 6.94. The Bertz CT molecular complexity index is 1620. The van der Waals surface area contributed by atoms with Crippen LogP contribution in [0.2, 0.25) is 0 Å². The summed E-state index contributed by atoms with van der Waals surface area (Å²) in [6.45, 7) is 5.24. The van der Waals surface area contributed by atoms with Gasteiger partial charge in [0.15, 0.2) is 0 Å². The quantitative estimate of drug-likeness (QED) is 0.241. The molecule has 0 spiro atoms. The van der Waals surface area contributed by atoms with E-state index in [1.807, 2.05) is 18.7 Å². The molecule has 2 amide bonds. The van der Waals surface area contributed by atoms with Gasteiger partial charge >= 0.3 is 18.4 Å². The standard InChI is InChI=1S/C29H28F6N6O2/c1-17(2)14-22-37-25(23-24(39-43-26(23)38-22)18-6-3-7-19(15-18)28(30,31)32)40-10-5-11-41(13-12-40)27(42)36-21-9-4-8-20(16-21)29(33,34)35/h3-4,6-9,15-17H,5,10-14H2,1-2H3,(H,36,42). The molecule has 14 heteroatoms. The average molecular weight is 607 g/mol. The Labute approximate surface area is 242 Å². The molecule has 1 aliphatic heterocycles. The van der Waals surface area contributed by atoms with Crippen molar-refractivity contribution in [2.75, 3.05) is 36.4 Å². The van der Waals surface area contributed by atoms with Crippen molar-refractivity contribution in [1.82, 2.24) is 20.0 Å². The number of hydrogen-bond donors (Lipinski definition) is 1. The zero-order chi connectivity index (χ0) is 30.9. The number of fused-ring (bicyclic) bond motifs is 1. The summed E-state index contributed by atoms with van der Waals surface area (Å²) in [6, 6.07) is 8.60. The summed E-state index contributed by atoms with van der Waals surface area (Å²) in [7, 11) is 0. The van der Waals surface area contributed by atoms with Crippen LogP contribution in [0.1, 0.15) is 37.2 Å². The van der Waals surface area contributed by atoms with E-state index in [1.165, 1.54) is 29.2 Å². The normalized spacial score (nSPS) is 14.8. The second kappa shape index (κ2) is 11.7. The maximum Gasteiger partial charge on any atom is 0.416 e. The molecule has 2 aromatic heterocycles. The highest BCUT2D eigenvalue weighted by molar-refractivity contribution is 5.98. The van der Waals surface area contributed by atoms with Crippen LogP contribution in [0, 0.1) is 5.92 Å². The van der Waals surface area contributed by atoms with E-state index in [9.17, 15) is 31.1 Å². The molecule has 2 aromatic carbocycles. The molecule has 5 rings (SSSR count). The fraction of sp³-hybridized carbons (Fsp3) is 0.379. The van der Waals surface area contributed by atoms with Gasteiger partial charge in [-0.15, -0.1) is 0 Å². The number of hydrogen-bond acceptors (Lipinski definition) is 6. The van der Waals surface area contributed by atoms with Gasteiger partial charge in [-0.05, 0) is 42.7 Å². The summed E-state index contributed by atoms with van der Waals surface area (Å²) in [5.41, 5.74) is -1.20. The number of anilines is 2. The van der Waals surface area contributed by atoms with Crippen molar-refractivity contribution in [3.63, 3.8) is 0 Å². The fourth-order valence-corrected chi connectivity index (χ4v) is 4.91. The minimum absolute atomic E-state index is 0.0203. The van der Waals surface area contributed by atoms with Gasteiger partial charge in [-0.1, -0.05) is 37.2 Å². The van der Waals surface area contributed by atoms with Crippen LogP contribution in [0.4, 0.5) is 42.6 Å². The van der Waals surface area contributed by atoms with Crippen molar-refractivity contribution >= 4 is 28.6 Å². The lowest BCUT2D eigenvalue weighted by Crippen LogP contribution is -2.38. The number of halogens is 6. The van der Waals surface area contributed by atoms with E-state index < -0.39 is 29.5 Å². The molecule has 43 heavy (non-hydrogen) atoms. The van der Waals surface area contributed by atoms with Crippen molar-refractivity contribution in [3.05, 3.63) is 65.5 Å². The van der Waals surface area contributed by atoms with Crippen molar-refractivity contribution in [2.24, 2.45) is 5.92 Å². The van der Waals surface area contributed by atoms with Crippen LogP contribution >= 0.6 is 0 Å². The molecule has 1 saturated heterocycles. The predicted molar refractivity (Wildman–Crippen MR) is 147 cm³/mol.